The number of halogens is 1. The summed E-state index contributed by atoms with van der Waals surface area (Å²) in [4.78, 5) is 14.3. The van der Waals surface area contributed by atoms with Gasteiger partial charge in [0.05, 0.1) is 13.2 Å². The van der Waals surface area contributed by atoms with Gasteiger partial charge < -0.3 is 15.4 Å². The predicted molar refractivity (Wildman–Crippen MR) is 87.2 cm³/mol. The molecule has 21 heavy (non-hydrogen) atoms. The number of nitrogens with two attached hydrogens (primary N) is 1. The van der Waals surface area contributed by atoms with Crippen LogP contribution in [-0.4, -0.2) is 30.5 Å². The zero-order valence-electron chi connectivity index (χ0n) is 12.8. The van der Waals surface area contributed by atoms with Crippen molar-refractivity contribution in [3.05, 3.63) is 28.2 Å². The van der Waals surface area contributed by atoms with E-state index < -0.39 is 0 Å². The summed E-state index contributed by atoms with van der Waals surface area (Å²) in [5.74, 6) is 1.36. The van der Waals surface area contributed by atoms with Crippen LogP contribution in [0.1, 0.15) is 38.3 Å². The Hall–Kier alpha value is -1.07. The summed E-state index contributed by atoms with van der Waals surface area (Å²) in [6.07, 6.45) is 1.24. The van der Waals surface area contributed by atoms with Crippen LogP contribution in [-0.2, 0) is 4.79 Å². The molecule has 4 nitrogen and oxygen atoms in total. The van der Waals surface area contributed by atoms with Crippen LogP contribution >= 0.6 is 15.9 Å². The number of ether oxygens (including phenoxy) is 1. The van der Waals surface area contributed by atoms with Gasteiger partial charge in [0.2, 0.25) is 5.91 Å². The number of carbonyl (C=O) groups is 1. The molecule has 0 spiro atoms. The molecule has 2 N–H and O–H groups in total. The van der Waals surface area contributed by atoms with Crippen LogP contribution in [0.3, 0.4) is 0 Å². The first-order valence-electron chi connectivity index (χ1n) is 7.32. The molecule has 0 aromatic heterocycles. The zero-order chi connectivity index (χ0) is 15.6. The number of likely N-dealkylation sites (tertiary alicyclic amines) is 1. The second-order valence-corrected chi connectivity index (χ2v) is 6.89. The summed E-state index contributed by atoms with van der Waals surface area (Å²) in [6, 6.07) is 5.67. The average molecular weight is 355 g/mol. The van der Waals surface area contributed by atoms with E-state index in [1.54, 1.807) is 7.11 Å². The Bertz CT molecular complexity index is 519. The fourth-order valence-corrected chi connectivity index (χ4v) is 3.30. The van der Waals surface area contributed by atoms with Crippen LogP contribution < -0.4 is 10.5 Å². The maximum atomic E-state index is 12.4. The molecule has 1 fully saturated rings. The second-order valence-electron chi connectivity index (χ2n) is 5.97. The van der Waals surface area contributed by atoms with Crippen molar-refractivity contribution in [2.24, 2.45) is 11.7 Å². The standard InChI is InChI=1S/C16H23BrN2O2/c1-10(2)9-19-15(20)7-5-13(18)16(19)12-8-11(17)4-6-14(12)21-3/h4,6,8,10,13,16H,5,7,9,18H2,1-3H3. The van der Waals surface area contributed by atoms with Gasteiger partial charge in [0, 0.05) is 29.0 Å². The van der Waals surface area contributed by atoms with Gasteiger partial charge in [0.25, 0.3) is 0 Å². The second kappa shape index (κ2) is 6.79. The van der Waals surface area contributed by atoms with Gasteiger partial charge in [-0.1, -0.05) is 29.8 Å². The number of nitrogens with zero attached hydrogens (tertiary/aromatic N) is 1. The molecular weight excluding hydrogens is 332 g/mol. The van der Waals surface area contributed by atoms with Gasteiger partial charge in [-0.15, -0.1) is 0 Å². The van der Waals surface area contributed by atoms with E-state index in [4.69, 9.17) is 10.5 Å². The molecule has 1 heterocycles. The molecule has 2 atom stereocenters. The third kappa shape index (κ3) is 3.58. The van der Waals surface area contributed by atoms with Crippen molar-refractivity contribution in [1.82, 2.24) is 4.90 Å². The summed E-state index contributed by atoms with van der Waals surface area (Å²) < 4.78 is 6.44. The fourth-order valence-electron chi connectivity index (χ4n) is 2.92. The van der Waals surface area contributed by atoms with Crippen molar-refractivity contribution in [3.63, 3.8) is 0 Å². The van der Waals surface area contributed by atoms with Gasteiger partial charge in [0.15, 0.2) is 0 Å². The SMILES string of the molecule is COc1ccc(Br)cc1C1C(N)CCC(=O)N1CC(C)C. The molecule has 1 saturated heterocycles. The van der Waals surface area contributed by atoms with E-state index in [2.05, 4.69) is 29.8 Å². The quantitative estimate of drug-likeness (QED) is 0.903. The Morgan fingerprint density at radius 3 is 2.81 bits per heavy atom. The monoisotopic (exact) mass is 354 g/mol. The zero-order valence-corrected chi connectivity index (χ0v) is 14.4. The Labute approximate surface area is 134 Å². The lowest BCUT2D eigenvalue weighted by Crippen LogP contribution is -2.50. The highest BCUT2D eigenvalue weighted by atomic mass is 79.9. The van der Waals surface area contributed by atoms with E-state index in [1.807, 2.05) is 23.1 Å². The van der Waals surface area contributed by atoms with Crippen LogP contribution in [0, 0.1) is 5.92 Å². The molecule has 1 aliphatic heterocycles. The number of amides is 1. The number of piperidine rings is 1. The molecule has 0 saturated carbocycles. The first kappa shape index (κ1) is 16.3. The lowest BCUT2D eigenvalue weighted by Gasteiger charge is -2.41. The molecule has 1 aromatic rings. The predicted octanol–water partition coefficient (Wildman–Crippen LogP) is 3.10. The minimum absolute atomic E-state index is 0.0651. The third-order valence-corrected chi connectivity index (χ3v) is 4.32. The molecule has 0 bridgehead atoms. The van der Waals surface area contributed by atoms with Crippen molar-refractivity contribution in [3.8, 4) is 5.75 Å². The molecule has 0 aliphatic carbocycles. The smallest absolute Gasteiger partial charge is 0.223 e. The maximum absolute atomic E-state index is 12.4. The largest absolute Gasteiger partial charge is 0.496 e. The lowest BCUT2D eigenvalue weighted by atomic mass is 9.89. The van der Waals surface area contributed by atoms with E-state index in [0.717, 1.165) is 15.8 Å². The van der Waals surface area contributed by atoms with Crippen molar-refractivity contribution < 1.29 is 9.53 Å². The molecule has 1 aromatic carbocycles. The van der Waals surface area contributed by atoms with Crippen molar-refractivity contribution in [1.29, 1.82) is 0 Å². The van der Waals surface area contributed by atoms with Gasteiger partial charge >= 0.3 is 0 Å². The molecule has 116 valence electrons. The highest BCUT2D eigenvalue weighted by Gasteiger charge is 2.36. The molecule has 0 radical (unpaired) electrons. The topological polar surface area (TPSA) is 55.6 Å². The lowest BCUT2D eigenvalue weighted by molar-refractivity contribution is -0.138. The Balaban J connectivity index is 2.45. The molecular formula is C16H23BrN2O2. The van der Waals surface area contributed by atoms with Crippen LogP contribution in [0.25, 0.3) is 0 Å². The van der Waals surface area contributed by atoms with Gasteiger partial charge in [-0.3, -0.25) is 4.79 Å². The van der Waals surface area contributed by atoms with Gasteiger partial charge in [-0.05, 0) is 30.5 Å². The number of benzene rings is 1. The number of hydrogen-bond acceptors (Lipinski definition) is 3. The van der Waals surface area contributed by atoms with Gasteiger partial charge in [0.1, 0.15) is 5.75 Å². The van der Waals surface area contributed by atoms with Crippen LogP contribution in [0.15, 0.2) is 22.7 Å². The molecule has 5 heteroatoms. The highest BCUT2D eigenvalue weighted by molar-refractivity contribution is 9.10. The number of carbonyl (C=O) groups excluding carboxylic acids is 1. The van der Waals surface area contributed by atoms with Gasteiger partial charge in [-0.25, -0.2) is 0 Å². The Morgan fingerprint density at radius 2 is 2.19 bits per heavy atom. The molecule has 1 amide bonds. The first-order valence-corrected chi connectivity index (χ1v) is 8.11. The van der Waals surface area contributed by atoms with E-state index in [1.165, 1.54) is 0 Å². The van der Waals surface area contributed by atoms with Crippen LogP contribution in [0.2, 0.25) is 0 Å². The van der Waals surface area contributed by atoms with Crippen molar-refractivity contribution in [2.75, 3.05) is 13.7 Å². The molecule has 2 unspecified atom stereocenters. The van der Waals surface area contributed by atoms with E-state index in [-0.39, 0.29) is 18.0 Å². The number of hydrogen-bond donors (Lipinski definition) is 1. The summed E-state index contributed by atoms with van der Waals surface area (Å²) in [5.41, 5.74) is 7.33. The summed E-state index contributed by atoms with van der Waals surface area (Å²) in [6.45, 7) is 4.94. The van der Waals surface area contributed by atoms with E-state index in [0.29, 0.717) is 25.3 Å². The molecule has 2 rings (SSSR count). The highest BCUT2D eigenvalue weighted by Crippen LogP contribution is 2.37. The summed E-state index contributed by atoms with van der Waals surface area (Å²) in [5, 5.41) is 0. The van der Waals surface area contributed by atoms with Crippen molar-refractivity contribution >= 4 is 21.8 Å². The van der Waals surface area contributed by atoms with Gasteiger partial charge in [-0.2, -0.15) is 0 Å². The summed E-state index contributed by atoms with van der Waals surface area (Å²) in [7, 11) is 1.65. The van der Waals surface area contributed by atoms with E-state index >= 15 is 0 Å². The number of methoxy groups -OCH3 is 1. The van der Waals surface area contributed by atoms with Crippen LogP contribution in [0.4, 0.5) is 0 Å². The minimum atomic E-state index is -0.124. The summed E-state index contributed by atoms with van der Waals surface area (Å²) >= 11 is 3.50. The third-order valence-electron chi connectivity index (χ3n) is 3.83. The molecule has 1 aliphatic rings. The fraction of sp³-hybridized carbons (Fsp3) is 0.562. The van der Waals surface area contributed by atoms with Crippen molar-refractivity contribution in [2.45, 2.75) is 38.8 Å². The first-order chi connectivity index (χ1) is 9.93. The Kier molecular flexibility index (Phi) is 5.27. The number of rotatable bonds is 4. The van der Waals surface area contributed by atoms with Crippen LogP contribution in [0.5, 0.6) is 5.75 Å². The Morgan fingerprint density at radius 1 is 1.48 bits per heavy atom. The normalized spacial score (nSPS) is 22.8. The average Bonchev–Trinajstić information content (AvgIpc) is 2.42. The van der Waals surface area contributed by atoms with E-state index in [9.17, 15) is 4.79 Å². The minimum Gasteiger partial charge on any atom is -0.496 e. The maximum Gasteiger partial charge on any atom is 0.223 e.